The van der Waals surface area contributed by atoms with E-state index in [1.807, 2.05) is 42.5 Å². The van der Waals surface area contributed by atoms with E-state index < -0.39 is 0 Å². The van der Waals surface area contributed by atoms with Crippen molar-refractivity contribution in [3.05, 3.63) is 70.7 Å². The van der Waals surface area contributed by atoms with E-state index in [-0.39, 0.29) is 11.0 Å². The summed E-state index contributed by atoms with van der Waals surface area (Å²) < 4.78 is 12.6. The van der Waals surface area contributed by atoms with E-state index in [4.69, 9.17) is 26.7 Å². The number of halogens is 1. The van der Waals surface area contributed by atoms with E-state index in [0.717, 1.165) is 25.3 Å². The molecule has 0 aliphatic heterocycles. The zero-order valence-corrected chi connectivity index (χ0v) is 20.4. The minimum atomic E-state index is -0.387. The maximum atomic E-state index is 12.7. The van der Waals surface area contributed by atoms with Crippen molar-refractivity contribution in [3.63, 3.8) is 0 Å². The number of amides is 1. The lowest BCUT2D eigenvalue weighted by Gasteiger charge is -2.14. The molecule has 0 fully saturated rings. The van der Waals surface area contributed by atoms with Crippen LogP contribution < -0.4 is 20.1 Å². The average Bonchev–Trinajstić information content (AvgIpc) is 3.23. The second-order valence-corrected chi connectivity index (χ2v) is 9.01. The number of nitrogens with zero attached hydrogens (tertiary/aromatic N) is 1. The van der Waals surface area contributed by atoms with Gasteiger partial charge in [0, 0.05) is 10.0 Å². The summed E-state index contributed by atoms with van der Waals surface area (Å²) in [5.41, 5.74) is 2.85. The fraction of sp³-hybridized carbons (Fsp3) is 0.0870. The molecule has 0 saturated heterocycles. The first kappa shape index (κ1) is 22.2. The Bertz CT molecular complexity index is 1290. The van der Waals surface area contributed by atoms with E-state index in [0.29, 0.717) is 22.7 Å². The van der Waals surface area contributed by atoms with Crippen molar-refractivity contribution in [2.24, 2.45) is 0 Å². The van der Waals surface area contributed by atoms with Gasteiger partial charge in [0.25, 0.3) is 5.91 Å². The van der Waals surface area contributed by atoms with Crippen LogP contribution in [0.15, 0.2) is 65.1 Å². The molecule has 0 spiro atoms. The number of hydrogen-bond donors (Lipinski definition) is 2. The number of carbonyl (C=O) groups excluding carboxylic acids is 1. The number of benzene rings is 3. The van der Waals surface area contributed by atoms with E-state index in [9.17, 15) is 4.79 Å². The highest BCUT2D eigenvalue weighted by Crippen LogP contribution is 2.34. The molecule has 1 aromatic heterocycles. The number of nitrogens with one attached hydrogen (secondary N) is 2. The highest BCUT2D eigenvalue weighted by atomic mass is 79.9. The number of anilines is 1. The summed E-state index contributed by atoms with van der Waals surface area (Å²) in [6.07, 6.45) is 0. The van der Waals surface area contributed by atoms with Gasteiger partial charge in [-0.25, -0.2) is 4.98 Å². The number of ether oxygens (including phenoxy) is 2. The molecule has 0 bridgehead atoms. The summed E-state index contributed by atoms with van der Waals surface area (Å²) in [5.74, 6) is 0.650. The largest absolute Gasteiger partial charge is 0.496 e. The lowest BCUT2D eigenvalue weighted by Crippen LogP contribution is -2.34. The van der Waals surface area contributed by atoms with Crippen molar-refractivity contribution in [1.29, 1.82) is 0 Å². The van der Waals surface area contributed by atoms with E-state index in [2.05, 4.69) is 26.6 Å². The number of thiocarbonyl (C=S) groups is 1. The monoisotopic (exact) mass is 527 g/mol. The number of thiazole rings is 1. The molecule has 0 aliphatic carbocycles. The fourth-order valence-corrected chi connectivity index (χ4v) is 4.64. The Labute approximate surface area is 202 Å². The maximum absolute atomic E-state index is 12.7. The van der Waals surface area contributed by atoms with Crippen LogP contribution in [0.4, 0.5) is 5.69 Å². The van der Waals surface area contributed by atoms with Crippen LogP contribution in [0.3, 0.4) is 0 Å². The van der Waals surface area contributed by atoms with Gasteiger partial charge in [-0.3, -0.25) is 10.1 Å². The van der Waals surface area contributed by atoms with Gasteiger partial charge in [0.05, 0.1) is 35.7 Å². The van der Waals surface area contributed by atoms with Gasteiger partial charge in [-0.15, -0.1) is 11.3 Å². The van der Waals surface area contributed by atoms with Crippen LogP contribution in [0.2, 0.25) is 0 Å². The van der Waals surface area contributed by atoms with Crippen molar-refractivity contribution in [3.8, 4) is 22.1 Å². The Morgan fingerprint density at radius 2 is 1.78 bits per heavy atom. The Morgan fingerprint density at radius 3 is 2.53 bits per heavy atom. The van der Waals surface area contributed by atoms with Crippen LogP contribution in [-0.2, 0) is 0 Å². The predicted octanol–water partition coefficient (Wildman–Crippen LogP) is 5.87. The van der Waals surface area contributed by atoms with Crippen molar-refractivity contribution in [2.75, 3.05) is 19.5 Å². The van der Waals surface area contributed by atoms with Gasteiger partial charge in [-0.2, -0.15) is 0 Å². The smallest absolute Gasteiger partial charge is 0.261 e. The summed E-state index contributed by atoms with van der Waals surface area (Å²) in [5, 5.41) is 6.76. The molecule has 1 amide bonds. The quantitative estimate of drug-likeness (QED) is 0.316. The molecular weight excluding hydrogens is 510 g/mol. The molecule has 0 saturated carbocycles. The third kappa shape index (κ3) is 4.74. The minimum Gasteiger partial charge on any atom is -0.496 e. The highest BCUT2D eigenvalue weighted by Gasteiger charge is 2.16. The van der Waals surface area contributed by atoms with Gasteiger partial charge in [-0.1, -0.05) is 28.1 Å². The lowest BCUT2D eigenvalue weighted by molar-refractivity contribution is 0.0974. The standard InChI is InChI=1S/C23H18BrN3O3S2/c1-29-18-10-8-14(24)12-15(18)21(28)27-23(31)26-17-11-13(7-9-19(17)30-2)22-25-16-5-3-4-6-20(16)32-22/h3-12H,1-2H3,(H2,26,27,28,31). The summed E-state index contributed by atoms with van der Waals surface area (Å²) in [7, 11) is 3.08. The summed E-state index contributed by atoms with van der Waals surface area (Å²) >= 11 is 10.4. The Hall–Kier alpha value is -3.01. The zero-order chi connectivity index (χ0) is 22.7. The van der Waals surface area contributed by atoms with Crippen LogP contribution in [0.5, 0.6) is 11.5 Å². The Kier molecular flexibility index (Phi) is 6.69. The first-order valence-corrected chi connectivity index (χ1v) is 11.5. The zero-order valence-electron chi connectivity index (χ0n) is 17.1. The van der Waals surface area contributed by atoms with Gasteiger partial charge < -0.3 is 14.8 Å². The Balaban J connectivity index is 1.56. The highest BCUT2D eigenvalue weighted by molar-refractivity contribution is 9.10. The average molecular weight is 528 g/mol. The maximum Gasteiger partial charge on any atom is 0.261 e. The van der Waals surface area contributed by atoms with Crippen LogP contribution in [0, 0.1) is 0 Å². The van der Waals surface area contributed by atoms with Crippen LogP contribution in [0.1, 0.15) is 10.4 Å². The molecule has 0 aliphatic rings. The summed E-state index contributed by atoms with van der Waals surface area (Å²) in [4.78, 5) is 17.4. The number of aromatic nitrogens is 1. The third-order valence-corrected chi connectivity index (χ3v) is 6.40. The van der Waals surface area contributed by atoms with Crippen molar-refractivity contribution in [2.45, 2.75) is 0 Å². The fourth-order valence-electron chi connectivity index (χ4n) is 3.12. The molecule has 0 radical (unpaired) electrons. The molecule has 32 heavy (non-hydrogen) atoms. The lowest BCUT2D eigenvalue weighted by atomic mass is 10.2. The van der Waals surface area contributed by atoms with Gasteiger partial charge in [0.1, 0.15) is 16.5 Å². The molecule has 0 atom stereocenters. The van der Waals surface area contributed by atoms with Crippen LogP contribution in [0.25, 0.3) is 20.8 Å². The number of carbonyl (C=O) groups is 1. The van der Waals surface area contributed by atoms with Gasteiger partial charge >= 0.3 is 0 Å². The SMILES string of the molecule is COc1ccc(-c2nc3ccccc3s2)cc1NC(=S)NC(=O)c1cc(Br)ccc1OC. The number of para-hydroxylation sites is 1. The molecule has 4 aromatic rings. The van der Waals surface area contributed by atoms with E-state index in [1.54, 1.807) is 36.6 Å². The van der Waals surface area contributed by atoms with Crippen molar-refractivity contribution < 1.29 is 14.3 Å². The van der Waals surface area contributed by atoms with Crippen molar-refractivity contribution >= 4 is 66.4 Å². The number of rotatable bonds is 5. The second kappa shape index (κ2) is 9.64. The molecule has 6 nitrogen and oxygen atoms in total. The molecular formula is C23H18BrN3O3S2. The van der Waals surface area contributed by atoms with Gasteiger partial charge in [0.2, 0.25) is 0 Å². The van der Waals surface area contributed by atoms with Crippen LogP contribution in [-0.4, -0.2) is 30.2 Å². The molecule has 9 heteroatoms. The van der Waals surface area contributed by atoms with E-state index >= 15 is 0 Å². The minimum absolute atomic E-state index is 0.136. The van der Waals surface area contributed by atoms with Gasteiger partial charge in [0.15, 0.2) is 5.11 Å². The Morgan fingerprint density at radius 1 is 1.03 bits per heavy atom. The van der Waals surface area contributed by atoms with Crippen molar-refractivity contribution in [1.82, 2.24) is 10.3 Å². The topological polar surface area (TPSA) is 72.5 Å². The predicted molar refractivity (Wildman–Crippen MR) is 136 cm³/mol. The van der Waals surface area contributed by atoms with Gasteiger partial charge in [-0.05, 0) is 60.7 Å². The van der Waals surface area contributed by atoms with E-state index in [1.165, 1.54) is 7.11 Å². The molecule has 162 valence electrons. The first-order chi connectivity index (χ1) is 15.5. The first-order valence-electron chi connectivity index (χ1n) is 9.48. The molecule has 1 heterocycles. The number of methoxy groups -OCH3 is 2. The molecule has 4 rings (SSSR count). The summed E-state index contributed by atoms with van der Waals surface area (Å²) in [6, 6.07) is 18.8. The molecule has 3 aromatic carbocycles. The second-order valence-electron chi connectivity index (χ2n) is 6.65. The number of fused-ring (bicyclic) bond motifs is 1. The van der Waals surface area contributed by atoms with Crippen LogP contribution >= 0.6 is 39.5 Å². The molecule has 2 N–H and O–H groups in total. The normalized spacial score (nSPS) is 10.6. The number of hydrogen-bond acceptors (Lipinski definition) is 6. The molecule has 0 unspecified atom stereocenters. The third-order valence-electron chi connectivity index (χ3n) is 4.62. The summed E-state index contributed by atoms with van der Waals surface area (Å²) in [6.45, 7) is 0.